The molecule has 0 aliphatic carbocycles. The molecule has 2 aromatic carbocycles. The summed E-state index contributed by atoms with van der Waals surface area (Å²) in [5, 5.41) is 0. The highest BCUT2D eigenvalue weighted by molar-refractivity contribution is 5.74. The lowest BCUT2D eigenvalue weighted by atomic mass is 10.2. The van der Waals surface area contributed by atoms with E-state index < -0.39 is 0 Å². The van der Waals surface area contributed by atoms with Crippen LogP contribution in [0.5, 0.6) is 5.75 Å². The standard InChI is InChI=1S/C20H23N3O2/c1-2-6-16(7-3-1)25-15-17-14-23(12-13-24-17)11-10-20-21-18-8-4-5-9-19(18)22-20/h1-9,17H,10-15H2,(H,21,22). The Morgan fingerprint density at radius 1 is 1.12 bits per heavy atom. The van der Waals surface area contributed by atoms with Crippen LogP contribution in [0.3, 0.4) is 0 Å². The second kappa shape index (κ2) is 7.68. The summed E-state index contributed by atoms with van der Waals surface area (Å²) in [5.41, 5.74) is 2.14. The van der Waals surface area contributed by atoms with Crippen molar-refractivity contribution in [2.24, 2.45) is 0 Å². The van der Waals surface area contributed by atoms with Gasteiger partial charge in [0.2, 0.25) is 0 Å². The van der Waals surface area contributed by atoms with Gasteiger partial charge in [-0.1, -0.05) is 30.3 Å². The molecule has 25 heavy (non-hydrogen) atoms. The molecule has 1 saturated heterocycles. The summed E-state index contributed by atoms with van der Waals surface area (Å²) >= 11 is 0. The fourth-order valence-corrected chi connectivity index (χ4v) is 3.18. The number of aromatic amines is 1. The van der Waals surface area contributed by atoms with Gasteiger partial charge in [0.05, 0.1) is 17.6 Å². The number of H-pyrrole nitrogens is 1. The van der Waals surface area contributed by atoms with E-state index in [9.17, 15) is 0 Å². The summed E-state index contributed by atoms with van der Waals surface area (Å²) in [6, 6.07) is 18.1. The van der Waals surface area contributed by atoms with E-state index in [1.54, 1.807) is 0 Å². The number of para-hydroxylation sites is 3. The number of morpholine rings is 1. The van der Waals surface area contributed by atoms with Crippen LogP contribution in [-0.4, -0.2) is 53.8 Å². The third kappa shape index (κ3) is 4.18. The zero-order chi connectivity index (χ0) is 16.9. The van der Waals surface area contributed by atoms with E-state index in [1.165, 1.54) is 0 Å². The molecule has 1 unspecified atom stereocenters. The van der Waals surface area contributed by atoms with Crippen molar-refractivity contribution in [2.45, 2.75) is 12.5 Å². The van der Waals surface area contributed by atoms with E-state index in [-0.39, 0.29) is 6.10 Å². The summed E-state index contributed by atoms with van der Waals surface area (Å²) < 4.78 is 11.7. The largest absolute Gasteiger partial charge is 0.491 e. The van der Waals surface area contributed by atoms with E-state index >= 15 is 0 Å². The van der Waals surface area contributed by atoms with Gasteiger partial charge < -0.3 is 14.5 Å². The molecule has 0 spiro atoms. The number of nitrogens with one attached hydrogen (secondary N) is 1. The number of fused-ring (bicyclic) bond motifs is 1. The number of hydrogen-bond acceptors (Lipinski definition) is 4. The molecule has 5 heteroatoms. The van der Waals surface area contributed by atoms with Crippen molar-refractivity contribution in [1.29, 1.82) is 0 Å². The van der Waals surface area contributed by atoms with Gasteiger partial charge in [0.1, 0.15) is 24.3 Å². The Balaban J connectivity index is 1.27. The second-order valence-corrected chi connectivity index (χ2v) is 6.37. The normalized spacial score (nSPS) is 18.5. The van der Waals surface area contributed by atoms with Crippen LogP contribution < -0.4 is 4.74 Å². The number of rotatable bonds is 6. The minimum absolute atomic E-state index is 0.115. The fraction of sp³-hybridized carbons (Fsp3) is 0.350. The smallest absolute Gasteiger partial charge is 0.119 e. The molecular weight excluding hydrogens is 314 g/mol. The summed E-state index contributed by atoms with van der Waals surface area (Å²) in [6.07, 6.45) is 1.03. The van der Waals surface area contributed by atoms with Crippen molar-refractivity contribution in [3.8, 4) is 5.75 Å². The molecule has 1 fully saturated rings. The van der Waals surface area contributed by atoms with Crippen LogP contribution in [0.1, 0.15) is 5.82 Å². The summed E-state index contributed by atoms with van der Waals surface area (Å²) in [5.74, 6) is 1.94. The van der Waals surface area contributed by atoms with Crippen molar-refractivity contribution < 1.29 is 9.47 Å². The van der Waals surface area contributed by atoms with Gasteiger partial charge in [-0.2, -0.15) is 0 Å². The first kappa shape index (κ1) is 16.1. The average molecular weight is 337 g/mol. The lowest BCUT2D eigenvalue weighted by Gasteiger charge is -2.32. The summed E-state index contributed by atoms with van der Waals surface area (Å²) in [7, 11) is 0. The molecular formula is C20H23N3O2. The Morgan fingerprint density at radius 3 is 2.84 bits per heavy atom. The quantitative estimate of drug-likeness (QED) is 0.751. The van der Waals surface area contributed by atoms with Crippen LogP contribution in [0.25, 0.3) is 11.0 Å². The monoisotopic (exact) mass is 337 g/mol. The Labute approximate surface area is 147 Å². The maximum Gasteiger partial charge on any atom is 0.119 e. The van der Waals surface area contributed by atoms with Gasteiger partial charge in [-0.3, -0.25) is 4.90 Å². The molecule has 1 aliphatic rings. The molecule has 4 rings (SSSR count). The third-order valence-corrected chi connectivity index (χ3v) is 4.51. The van der Waals surface area contributed by atoms with Gasteiger partial charge >= 0.3 is 0 Å². The molecule has 0 bridgehead atoms. The Bertz CT molecular complexity index is 770. The Kier molecular flexibility index (Phi) is 4.95. The molecule has 1 N–H and O–H groups in total. The predicted octanol–water partition coefficient (Wildman–Crippen LogP) is 2.89. The summed E-state index contributed by atoms with van der Waals surface area (Å²) in [6.45, 7) is 4.17. The van der Waals surface area contributed by atoms with Gasteiger partial charge in [0, 0.05) is 26.1 Å². The molecule has 1 atom stereocenters. The van der Waals surface area contributed by atoms with Crippen LogP contribution in [0.2, 0.25) is 0 Å². The maximum absolute atomic E-state index is 5.84. The van der Waals surface area contributed by atoms with E-state index in [4.69, 9.17) is 9.47 Å². The van der Waals surface area contributed by atoms with Gasteiger partial charge in [0.15, 0.2) is 0 Å². The second-order valence-electron chi connectivity index (χ2n) is 6.37. The minimum Gasteiger partial charge on any atom is -0.491 e. The van der Waals surface area contributed by atoms with Gasteiger partial charge in [-0.25, -0.2) is 4.98 Å². The number of benzene rings is 2. The highest BCUT2D eigenvalue weighted by atomic mass is 16.5. The Hall–Kier alpha value is -2.37. The van der Waals surface area contributed by atoms with E-state index in [0.29, 0.717) is 6.61 Å². The van der Waals surface area contributed by atoms with Crippen molar-refractivity contribution in [3.05, 3.63) is 60.4 Å². The first-order valence-corrected chi connectivity index (χ1v) is 8.82. The Morgan fingerprint density at radius 2 is 1.96 bits per heavy atom. The molecule has 1 aliphatic heterocycles. The van der Waals surface area contributed by atoms with Gasteiger partial charge in [0.25, 0.3) is 0 Å². The van der Waals surface area contributed by atoms with Crippen LogP contribution >= 0.6 is 0 Å². The van der Waals surface area contributed by atoms with Crippen LogP contribution in [0.4, 0.5) is 0 Å². The predicted molar refractivity (Wildman–Crippen MR) is 97.9 cm³/mol. The van der Waals surface area contributed by atoms with E-state index in [2.05, 4.69) is 20.9 Å². The lowest BCUT2D eigenvalue weighted by Crippen LogP contribution is -2.45. The third-order valence-electron chi connectivity index (χ3n) is 4.51. The summed E-state index contributed by atoms with van der Waals surface area (Å²) in [4.78, 5) is 10.5. The van der Waals surface area contributed by atoms with E-state index in [1.807, 2.05) is 48.5 Å². The highest BCUT2D eigenvalue weighted by Gasteiger charge is 2.21. The molecule has 2 heterocycles. The molecule has 130 valence electrons. The number of nitrogens with zero attached hydrogens (tertiary/aromatic N) is 2. The number of ether oxygens (including phenoxy) is 2. The zero-order valence-corrected chi connectivity index (χ0v) is 14.2. The van der Waals surface area contributed by atoms with Crippen molar-refractivity contribution in [3.63, 3.8) is 0 Å². The minimum atomic E-state index is 0.115. The van der Waals surface area contributed by atoms with Crippen molar-refractivity contribution >= 4 is 11.0 Å². The molecule has 1 aromatic heterocycles. The first-order chi connectivity index (χ1) is 12.4. The maximum atomic E-state index is 5.84. The van der Waals surface area contributed by atoms with Crippen LogP contribution in [-0.2, 0) is 11.2 Å². The first-order valence-electron chi connectivity index (χ1n) is 8.82. The topological polar surface area (TPSA) is 50.4 Å². The van der Waals surface area contributed by atoms with Crippen LogP contribution in [0, 0.1) is 0 Å². The zero-order valence-electron chi connectivity index (χ0n) is 14.2. The molecule has 0 amide bonds. The van der Waals surface area contributed by atoms with Gasteiger partial charge in [-0.15, -0.1) is 0 Å². The molecule has 0 radical (unpaired) electrons. The number of aromatic nitrogens is 2. The highest BCUT2D eigenvalue weighted by Crippen LogP contribution is 2.13. The van der Waals surface area contributed by atoms with E-state index in [0.717, 1.165) is 55.3 Å². The van der Waals surface area contributed by atoms with Gasteiger partial charge in [-0.05, 0) is 24.3 Å². The molecule has 5 nitrogen and oxygen atoms in total. The van der Waals surface area contributed by atoms with Crippen LogP contribution in [0.15, 0.2) is 54.6 Å². The average Bonchev–Trinajstić information content (AvgIpc) is 3.09. The molecule has 3 aromatic rings. The van der Waals surface area contributed by atoms with Crippen molar-refractivity contribution in [1.82, 2.24) is 14.9 Å². The SMILES string of the molecule is c1ccc(OCC2CN(CCc3nc4ccccc4[nH]3)CCO2)cc1. The number of hydrogen-bond donors (Lipinski definition) is 1. The number of imidazole rings is 1. The fourth-order valence-electron chi connectivity index (χ4n) is 3.18. The lowest BCUT2D eigenvalue weighted by molar-refractivity contribution is -0.0476. The molecule has 0 saturated carbocycles. The van der Waals surface area contributed by atoms with Crippen molar-refractivity contribution in [2.75, 3.05) is 32.8 Å².